The van der Waals surface area contributed by atoms with Gasteiger partial charge in [0, 0.05) is 37.9 Å². The summed E-state index contributed by atoms with van der Waals surface area (Å²) in [4.78, 5) is 32.1. The van der Waals surface area contributed by atoms with Gasteiger partial charge >= 0.3 is 0 Å². The maximum absolute atomic E-state index is 13.2. The van der Waals surface area contributed by atoms with Gasteiger partial charge in [0.25, 0.3) is 5.91 Å². The lowest BCUT2D eigenvalue weighted by Gasteiger charge is -2.33. The third-order valence-corrected chi connectivity index (χ3v) is 6.00. The number of aliphatic imine (C=N–C) groups is 2. The van der Waals surface area contributed by atoms with Crippen LogP contribution in [0.3, 0.4) is 0 Å². The highest BCUT2D eigenvalue weighted by Gasteiger charge is 2.38. The number of aryl methyl sites for hydroxylation is 1. The molecule has 1 aliphatic carbocycles. The van der Waals surface area contributed by atoms with Crippen molar-refractivity contribution in [3.8, 4) is 0 Å². The number of nitrogens with zero attached hydrogens (tertiary/aromatic N) is 5. The van der Waals surface area contributed by atoms with E-state index in [0.717, 1.165) is 44.6 Å². The molecule has 1 saturated carbocycles. The number of aromatic nitrogens is 2. The van der Waals surface area contributed by atoms with Gasteiger partial charge in [0.2, 0.25) is 5.71 Å². The highest BCUT2D eigenvalue weighted by Crippen LogP contribution is 2.40. The molecule has 0 aromatic carbocycles. The number of carbonyl (C=O) groups is 1. The SMILES string of the molecule is C=N/C(=C\C=NC)N1CCC(NC(=O)c2c(C)oc3ncnc(NC4(C)CC4)c23)CC1. The molecule has 2 N–H and O–H groups in total. The number of amides is 1. The van der Waals surface area contributed by atoms with Crippen LogP contribution in [-0.4, -0.2) is 65.4 Å². The van der Waals surface area contributed by atoms with Crippen molar-refractivity contribution in [1.82, 2.24) is 20.2 Å². The topological polar surface area (TPSA) is 108 Å². The van der Waals surface area contributed by atoms with Gasteiger partial charge in [-0.2, -0.15) is 0 Å². The van der Waals surface area contributed by atoms with Crippen LogP contribution < -0.4 is 10.6 Å². The summed E-state index contributed by atoms with van der Waals surface area (Å²) in [5, 5.41) is 7.29. The summed E-state index contributed by atoms with van der Waals surface area (Å²) in [5.41, 5.74) is 0.973. The fourth-order valence-corrected chi connectivity index (χ4v) is 3.92. The Morgan fingerprint density at radius 1 is 1.35 bits per heavy atom. The van der Waals surface area contributed by atoms with E-state index in [-0.39, 0.29) is 17.5 Å². The Kier molecular flexibility index (Phi) is 5.75. The molecule has 3 heterocycles. The molecule has 2 aromatic heterocycles. The Morgan fingerprint density at radius 3 is 2.74 bits per heavy atom. The zero-order chi connectivity index (χ0) is 22.0. The number of likely N-dealkylation sites (tertiary alicyclic amines) is 1. The molecule has 2 aromatic rings. The zero-order valence-corrected chi connectivity index (χ0v) is 18.3. The minimum absolute atomic E-state index is 0.0277. The number of fused-ring (bicyclic) bond motifs is 1. The van der Waals surface area contributed by atoms with Gasteiger partial charge in [-0.3, -0.25) is 9.79 Å². The van der Waals surface area contributed by atoms with Crippen LogP contribution in [0.5, 0.6) is 0 Å². The molecule has 1 amide bonds. The first-order valence-corrected chi connectivity index (χ1v) is 10.6. The Labute approximate surface area is 181 Å². The van der Waals surface area contributed by atoms with Gasteiger partial charge in [-0.25, -0.2) is 15.0 Å². The molecule has 4 rings (SSSR count). The van der Waals surface area contributed by atoms with Crippen LogP contribution in [0.2, 0.25) is 0 Å². The largest absolute Gasteiger partial charge is 0.442 e. The van der Waals surface area contributed by atoms with E-state index in [1.54, 1.807) is 20.2 Å². The summed E-state index contributed by atoms with van der Waals surface area (Å²) >= 11 is 0. The fourth-order valence-electron chi connectivity index (χ4n) is 3.92. The van der Waals surface area contributed by atoms with E-state index in [2.05, 4.69) is 49.1 Å². The monoisotopic (exact) mass is 423 g/mol. The van der Waals surface area contributed by atoms with Crippen LogP contribution in [0.15, 0.2) is 32.6 Å². The number of hydrogen-bond donors (Lipinski definition) is 2. The van der Waals surface area contributed by atoms with Crippen molar-refractivity contribution in [2.75, 3.05) is 25.5 Å². The molecule has 9 nitrogen and oxygen atoms in total. The van der Waals surface area contributed by atoms with Gasteiger partial charge in [-0.15, -0.1) is 0 Å². The van der Waals surface area contributed by atoms with E-state index in [4.69, 9.17) is 4.42 Å². The minimum atomic E-state index is -0.149. The van der Waals surface area contributed by atoms with Crippen LogP contribution in [0.1, 0.15) is 48.7 Å². The van der Waals surface area contributed by atoms with Gasteiger partial charge in [0.15, 0.2) is 0 Å². The third kappa shape index (κ3) is 4.45. The average molecular weight is 424 g/mol. The number of hydrogen-bond acceptors (Lipinski definition) is 8. The lowest BCUT2D eigenvalue weighted by molar-refractivity contribution is 0.0918. The summed E-state index contributed by atoms with van der Waals surface area (Å²) < 4.78 is 5.79. The quantitative estimate of drug-likeness (QED) is 0.663. The zero-order valence-electron chi connectivity index (χ0n) is 18.3. The van der Waals surface area contributed by atoms with Gasteiger partial charge in [-0.05, 0) is 52.3 Å². The maximum Gasteiger partial charge on any atom is 0.255 e. The molecular weight excluding hydrogens is 394 g/mol. The maximum atomic E-state index is 13.2. The van der Waals surface area contributed by atoms with Gasteiger partial charge in [0.1, 0.15) is 23.7 Å². The van der Waals surface area contributed by atoms with Crippen LogP contribution in [0, 0.1) is 6.92 Å². The van der Waals surface area contributed by atoms with E-state index < -0.39 is 0 Å². The molecule has 1 saturated heterocycles. The molecule has 2 fully saturated rings. The van der Waals surface area contributed by atoms with E-state index in [9.17, 15) is 4.79 Å². The number of piperidine rings is 1. The first kappa shape index (κ1) is 21.0. The normalized spacial score (nSPS) is 19.1. The molecule has 1 aliphatic heterocycles. The molecule has 0 radical (unpaired) electrons. The predicted molar refractivity (Wildman–Crippen MR) is 122 cm³/mol. The molecule has 164 valence electrons. The summed E-state index contributed by atoms with van der Waals surface area (Å²) in [6, 6.07) is 0.0704. The van der Waals surface area contributed by atoms with Crippen molar-refractivity contribution in [2.24, 2.45) is 9.98 Å². The van der Waals surface area contributed by atoms with Gasteiger partial charge < -0.3 is 20.0 Å². The van der Waals surface area contributed by atoms with Crippen molar-refractivity contribution in [3.05, 3.63) is 29.5 Å². The number of nitrogens with one attached hydrogen (secondary N) is 2. The number of anilines is 1. The van der Waals surface area contributed by atoms with Crippen molar-refractivity contribution in [1.29, 1.82) is 0 Å². The number of carbonyl (C=O) groups excluding carboxylic acids is 1. The Bertz CT molecular complexity index is 1040. The van der Waals surface area contributed by atoms with Crippen molar-refractivity contribution >= 4 is 35.8 Å². The smallest absolute Gasteiger partial charge is 0.255 e. The Morgan fingerprint density at radius 2 is 2.10 bits per heavy atom. The van der Waals surface area contributed by atoms with Gasteiger partial charge in [-0.1, -0.05) is 0 Å². The van der Waals surface area contributed by atoms with E-state index in [1.165, 1.54) is 6.33 Å². The van der Waals surface area contributed by atoms with E-state index in [0.29, 0.717) is 28.2 Å². The van der Waals surface area contributed by atoms with E-state index in [1.807, 2.05) is 6.08 Å². The van der Waals surface area contributed by atoms with Crippen LogP contribution in [0.25, 0.3) is 11.1 Å². The Balaban J connectivity index is 1.48. The molecular formula is C22H29N7O2. The first-order chi connectivity index (χ1) is 14.9. The average Bonchev–Trinajstić information content (AvgIpc) is 3.37. The number of allylic oxidation sites excluding steroid dienone is 1. The molecule has 31 heavy (non-hydrogen) atoms. The summed E-state index contributed by atoms with van der Waals surface area (Å²) in [5.74, 6) is 1.86. The minimum Gasteiger partial charge on any atom is -0.442 e. The second kappa shape index (κ2) is 8.49. The van der Waals surface area contributed by atoms with Gasteiger partial charge in [0.05, 0.1) is 10.9 Å². The standard InChI is InChI=1S/C22H29N7O2/c1-14-17(18-19(28-22(2)8-9-22)25-13-26-21(18)31-14)20(30)27-15-6-11-29(12-7-15)16(24-4)5-10-23-3/h5,10,13,15H,4,6-9,11-12H2,1-3H3,(H,27,30)(H,25,26,28)/b16-5+,23-10?. The molecule has 9 heteroatoms. The number of rotatable bonds is 7. The molecule has 0 bridgehead atoms. The van der Waals surface area contributed by atoms with Crippen molar-refractivity contribution in [3.63, 3.8) is 0 Å². The first-order valence-electron chi connectivity index (χ1n) is 10.6. The second-order valence-corrected chi connectivity index (χ2v) is 8.45. The van der Waals surface area contributed by atoms with Crippen molar-refractivity contribution in [2.45, 2.75) is 51.1 Å². The van der Waals surface area contributed by atoms with Crippen molar-refractivity contribution < 1.29 is 9.21 Å². The lowest BCUT2D eigenvalue weighted by Crippen LogP contribution is -2.44. The highest BCUT2D eigenvalue weighted by atomic mass is 16.3. The molecule has 0 unspecified atom stereocenters. The Hall–Kier alpha value is -3.23. The second-order valence-electron chi connectivity index (χ2n) is 8.45. The predicted octanol–water partition coefficient (Wildman–Crippen LogP) is 2.93. The third-order valence-electron chi connectivity index (χ3n) is 6.00. The number of furan rings is 1. The summed E-state index contributed by atoms with van der Waals surface area (Å²) in [6.45, 7) is 9.16. The molecule has 2 aliphatic rings. The van der Waals surface area contributed by atoms with Crippen LogP contribution >= 0.6 is 0 Å². The van der Waals surface area contributed by atoms with Crippen LogP contribution in [-0.2, 0) is 0 Å². The summed E-state index contributed by atoms with van der Waals surface area (Å²) in [6.07, 6.45) is 8.82. The fraction of sp³-hybridized carbons (Fsp3) is 0.500. The van der Waals surface area contributed by atoms with Crippen LogP contribution in [0.4, 0.5) is 5.82 Å². The summed E-state index contributed by atoms with van der Waals surface area (Å²) in [7, 11) is 1.72. The molecule has 0 spiro atoms. The lowest BCUT2D eigenvalue weighted by atomic mass is 10.0. The molecule has 0 atom stereocenters. The highest BCUT2D eigenvalue weighted by molar-refractivity contribution is 6.10. The van der Waals surface area contributed by atoms with E-state index >= 15 is 0 Å².